The summed E-state index contributed by atoms with van der Waals surface area (Å²) in [6, 6.07) is -0.189. The predicted molar refractivity (Wildman–Crippen MR) is 49.2 cm³/mol. The van der Waals surface area contributed by atoms with Crippen molar-refractivity contribution in [2.45, 2.75) is 31.9 Å². The van der Waals surface area contributed by atoms with Crippen LogP contribution in [0.25, 0.3) is 0 Å². The van der Waals surface area contributed by atoms with Crippen LogP contribution in [0, 0.1) is 12.3 Å². The van der Waals surface area contributed by atoms with E-state index >= 15 is 0 Å². The number of carboxylic acids is 1. The summed E-state index contributed by atoms with van der Waals surface area (Å²) in [6.45, 7) is 3.06. The van der Waals surface area contributed by atoms with Gasteiger partial charge >= 0.3 is 5.97 Å². The molecule has 0 aromatic carbocycles. The van der Waals surface area contributed by atoms with Gasteiger partial charge in [0.2, 0.25) is 0 Å². The van der Waals surface area contributed by atoms with Crippen LogP contribution in [-0.4, -0.2) is 34.4 Å². The fourth-order valence-electron chi connectivity index (χ4n) is 0.719. The van der Waals surface area contributed by atoms with Crippen molar-refractivity contribution in [1.82, 2.24) is 5.32 Å². The van der Waals surface area contributed by atoms with Crippen molar-refractivity contribution in [3.05, 3.63) is 0 Å². The average Bonchev–Trinajstić information content (AvgIpc) is 2.06. The van der Waals surface area contributed by atoms with Crippen molar-refractivity contribution in [2.75, 3.05) is 6.54 Å². The minimum atomic E-state index is -1.76. The molecule has 0 aromatic rings. The standard InChI is InChI=1S/C9H15NO3/c1-4-7(5-2)10-6-9(3,13)8(11)12/h1,7,10,13H,5-6H2,2-3H3,(H,11,12). The van der Waals surface area contributed by atoms with E-state index in [1.807, 2.05) is 6.92 Å². The second kappa shape index (κ2) is 4.85. The normalized spacial score (nSPS) is 17.1. The first kappa shape index (κ1) is 11.9. The Morgan fingerprint density at radius 2 is 2.31 bits per heavy atom. The Morgan fingerprint density at radius 3 is 2.62 bits per heavy atom. The third-order valence-corrected chi connectivity index (χ3v) is 1.76. The SMILES string of the molecule is C#CC(CC)NCC(C)(O)C(=O)O. The van der Waals surface area contributed by atoms with Crippen molar-refractivity contribution in [2.24, 2.45) is 0 Å². The van der Waals surface area contributed by atoms with Crippen molar-refractivity contribution >= 4 is 5.97 Å². The molecule has 4 nitrogen and oxygen atoms in total. The van der Waals surface area contributed by atoms with Crippen LogP contribution in [0.1, 0.15) is 20.3 Å². The summed E-state index contributed by atoms with van der Waals surface area (Å²) in [5.41, 5.74) is -1.76. The van der Waals surface area contributed by atoms with E-state index in [1.165, 1.54) is 6.92 Å². The van der Waals surface area contributed by atoms with E-state index in [9.17, 15) is 9.90 Å². The number of aliphatic carboxylic acids is 1. The molecule has 13 heavy (non-hydrogen) atoms. The Balaban J connectivity index is 4.02. The van der Waals surface area contributed by atoms with Crippen LogP contribution in [0.5, 0.6) is 0 Å². The number of rotatable bonds is 5. The number of carboxylic acid groups (broad SMARTS) is 1. The lowest BCUT2D eigenvalue weighted by molar-refractivity contribution is -0.156. The molecule has 0 aliphatic heterocycles. The van der Waals surface area contributed by atoms with E-state index in [0.717, 1.165) is 0 Å². The van der Waals surface area contributed by atoms with E-state index in [4.69, 9.17) is 11.5 Å². The molecule has 0 heterocycles. The molecule has 0 aliphatic rings. The lowest BCUT2D eigenvalue weighted by Crippen LogP contribution is -2.47. The van der Waals surface area contributed by atoms with Gasteiger partial charge in [-0.15, -0.1) is 6.42 Å². The van der Waals surface area contributed by atoms with Crippen LogP contribution in [0.15, 0.2) is 0 Å². The van der Waals surface area contributed by atoms with Gasteiger partial charge in [-0.2, -0.15) is 0 Å². The smallest absolute Gasteiger partial charge is 0.336 e. The summed E-state index contributed by atoms with van der Waals surface area (Å²) >= 11 is 0. The first-order chi connectivity index (χ1) is 5.94. The molecular weight excluding hydrogens is 170 g/mol. The quantitative estimate of drug-likeness (QED) is 0.520. The first-order valence-corrected chi connectivity index (χ1v) is 4.09. The van der Waals surface area contributed by atoms with Gasteiger partial charge in [0.25, 0.3) is 0 Å². The number of hydrogen-bond acceptors (Lipinski definition) is 3. The molecule has 3 N–H and O–H groups in total. The fraction of sp³-hybridized carbons (Fsp3) is 0.667. The Hall–Kier alpha value is -1.05. The highest BCUT2D eigenvalue weighted by molar-refractivity contribution is 5.76. The van der Waals surface area contributed by atoms with Gasteiger partial charge in [-0.1, -0.05) is 12.8 Å². The van der Waals surface area contributed by atoms with E-state index in [0.29, 0.717) is 6.42 Å². The predicted octanol–water partition coefficient (Wildman–Crippen LogP) is -0.177. The van der Waals surface area contributed by atoms with Crippen LogP contribution in [-0.2, 0) is 4.79 Å². The molecule has 4 heteroatoms. The van der Waals surface area contributed by atoms with Crippen LogP contribution in [0.4, 0.5) is 0 Å². The first-order valence-electron chi connectivity index (χ1n) is 4.09. The van der Waals surface area contributed by atoms with E-state index in [2.05, 4.69) is 11.2 Å². The molecule has 0 aromatic heterocycles. The summed E-state index contributed by atoms with van der Waals surface area (Å²) in [7, 11) is 0. The molecule has 0 rings (SSSR count). The van der Waals surface area contributed by atoms with Gasteiger partial charge in [-0.3, -0.25) is 0 Å². The molecule has 0 spiro atoms. The van der Waals surface area contributed by atoms with Crippen molar-refractivity contribution in [3.8, 4) is 12.3 Å². The van der Waals surface area contributed by atoms with Crippen molar-refractivity contribution < 1.29 is 15.0 Å². The van der Waals surface area contributed by atoms with E-state index in [1.54, 1.807) is 0 Å². The lowest BCUT2D eigenvalue weighted by atomic mass is 10.1. The Bertz CT molecular complexity index is 217. The zero-order valence-electron chi connectivity index (χ0n) is 7.87. The average molecular weight is 185 g/mol. The number of nitrogens with one attached hydrogen (secondary N) is 1. The zero-order valence-corrected chi connectivity index (χ0v) is 7.87. The van der Waals surface area contributed by atoms with E-state index in [-0.39, 0.29) is 12.6 Å². The Kier molecular flexibility index (Phi) is 4.46. The monoisotopic (exact) mass is 185 g/mol. The van der Waals surface area contributed by atoms with Crippen LogP contribution in [0.3, 0.4) is 0 Å². The maximum Gasteiger partial charge on any atom is 0.336 e. The molecule has 0 fully saturated rings. The third-order valence-electron chi connectivity index (χ3n) is 1.76. The molecule has 0 saturated heterocycles. The molecule has 0 radical (unpaired) electrons. The van der Waals surface area contributed by atoms with Gasteiger partial charge in [-0.25, -0.2) is 4.79 Å². The molecule has 0 bridgehead atoms. The highest BCUT2D eigenvalue weighted by Crippen LogP contribution is 2.02. The number of aliphatic hydroxyl groups is 1. The fourth-order valence-corrected chi connectivity index (χ4v) is 0.719. The second-order valence-electron chi connectivity index (χ2n) is 3.09. The van der Waals surface area contributed by atoms with Gasteiger partial charge < -0.3 is 15.5 Å². The number of hydrogen-bond donors (Lipinski definition) is 3. The number of terminal acetylenes is 1. The topological polar surface area (TPSA) is 69.6 Å². The molecule has 0 saturated carbocycles. The van der Waals surface area contributed by atoms with Crippen LogP contribution in [0.2, 0.25) is 0 Å². The summed E-state index contributed by atoms with van der Waals surface area (Å²) in [4.78, 5) is 10.5. The molecular formula is C9H15NO3. The summed E-state index contributed by atoms with van der Waals surface area (Å²) in [6.07, 6.45) is 5.85. The van der Waals surface area contributed by atoms with Gasteiger partial charge in [0.05, 0.1) is 6.04 Å². The molecule has 2 unspecified atom stereocenters. The summed E-state index contributed by atoms with van der Waals surface area (Å²) in [5, 5.41) is 20.6. The van der Waals surface area contributed by atoms with Crippen molar-refractivity contribution in [3.63, 3.8) is 0 Å². The molecule has 74 valence electrons. The third kappa shape index (κ3) is 3.92. The van der Waals surface area contributed by atoms with Gasteiger partial charge in [0.15, 0.2) is 5.60 Å². The molecule has 0 aliphatic carbocycles. The summed E-state index contributed by atoms with van der Waals surface area (Å²) in [5.74, 6) is 1.19. The zero-order chi connectivity index (χ0) is 10.5. The Labute approximate surface area is 78.0 Å². The van der Waals surface area contributed by atoms with E-state index < -0.39 is 11.6 Å². The summed E-state index contributed by atoms with van der Waals surface area (Å²) < 4.78 is 0. The van der Waals surface area contributed by atoms with Crippen LogP contribution >= 0.6 is 0 Å². The Morgan fingerprint density at radius 1 is 1.77 bits per heavy atom. The minimum Gasteiger partial charge on any atom is -0.479 e. The van der Waals surface area contributed by atoms with Crippen molar-refractivity contribution in [1.29, 1.82) is 0 Å². The van der Waals surface area contributed by atoms with Crippen LogP contribution < -0.4 is 5.32 Å². The molecule has 2 atom stereocenters. The highest BCUT2D eigenvalue weighted by atomic mass is 16.4. The second-order valence-corrected chi connectivity index (χ2v) is 3.09. The lowest BCUT2D eigenvalue weighted by Gasteiger charge is -2.20. The van der Waals surface area contributed by atoms with Gasteiger partial charge in [-0.05, 0) is 13.3 Å². The maximum absolute atomic E-state index is 10.5. The van der Waals surface area contributed by atoms with Gasteiger partial charge in [0, 0.05) is 6.54 Å². The maximum atomic E-state index is 10.5. The minimum absolute atomic E-state index is 0.0506. The number of carbonyl (C=O) groups is 1. The van der Waals surface area contributed by atoms with Gasteiger partial charge in [0.1, 0.15) is 0 Å². The molecule has 0 amide bonds. The largest absolute Gasteiger partial charge is 0.479 e. The highest BCUT2D eigenvalue weighted by Gasteiger charge is 2.29.